The van der Waals surface area contributed by atoms with E-state index in [2.05, 4.69) is 5.32 Å². The minimum atomic E-state index is -0.180. The minimum Gasteiger partial charge on any atom is -0.497 e. The smallest absolute Gasteiger partial charge is 0.248 e. The van der Waals surface area contributed by atoms with Crippen LogP contribution in [0.25, 0.3) is 5.57 Å². The largest absolute Gasteiger partial charge is 0.497 e. The van der Waals surface area contributed by atoms with Gasteiger partial charge in [0.2, 0.25) is 5.91 Å². The van der Waals surface area contributed by atoms with Crippen molar-refractivity contribution in [1.82, 2.24) is 0 Å². The molecule has 2 rings (SSSR count). The maximum Gasteiger partial charge on any atom is 0.248 e. The third-order valence-corrected chi connectivity index (χ3v) is 3.49. The van der Waals surface area contributed by atoms with E-state index in [1.165, 1.54) is 0 Å². The highest BCUT2D eigenvalue weighted by molar-refractivity contribution is 6.03. The number of carbonyl (C=O) groups is 1. The lowest BCUT2D eigenvalue weighted by atomic mass is 10.1. The van der Waals surface area contributed by atoms with Crippen molar-refractivity contribution in [2.24, 2.45) is 0 Å². The number of nitrogens with one attached hydrogen (secondary N) is 1. The van der Waals surface area contributed by atoms with Crippen molar-refractivity contribution in [3.05, 3.63) is 65.7 Å². The zero-order chi connectivity index (χ0) is 16.7. The fourth-order valence-corrected chi connectivity index (χ4v) is 2.21. The molecule has 0 saturated heterocycles. The number of carbonyl (C=O) groups excluding carboxylic acids is 1. The van der Waals surface area contributed by atoms with Gasteiger partial charge < -0.3 is 15.2 Å². The van der Waals surface area contributed by atoms with Gasteiger partial charge in [0.25, 0.3) is 0 Å². The van der Waals surface area contributed by atoms with E-state index in [-0.39, 0.29) is 12.5 Å². The summed E-state index contributed by atoms with van der Waals surface area (Å²) >= 11 is 0. The molecular weight excluding hydrogens is 290 g/mol. The van der Waals surface area contributed by atoms with Crippen LogP contribution in [0.3, 0.4) is 0 Å². The van der Waals surface area contributed by atoms with Crippen molar-refractivity contribution < 1.29 is 14.6 Å². The monoisotopic (exact) mass is 311 g/mol. The molecule has 0 unspecified atom stereocenters. The predicted octanol–water partition coefficient (Wildman–Crippen LogP) is 3.27. The van der Waals surface area contributed by atoms with Crippen LogP contribution in [-0.4, -0.2) is 24.7 Å². The van der Waals surface area contributed by atoms with E-state index in [0.29, 0.717) is 6.42 Å². The first-order valence-electron chi connectivity index (χ1n) is 7.46. The zero-order valence-corrected chi connectivity index (χ0v) is 13.4. The van der Waals surface area contributed by atoms with Gasteiger partial charge in [0.1, 0.15) is 5.75 Å². The third kappa shape index (κ3) is 4.97. The Labute approximate surface area is 136 Å². The SMILES string of the molecule is COc1cccc(/C(C)=C/C(=O)Nc2ccc(CCO)cc2)c1. The van der Waals surface area contributed by atoms with Crippen LogP contribution in [0.1, 0.15) is 18.1 Å². The minimum absolute atomic E-state index is 0.119. The Balaban J connectivity index is 2.04. The molecule has 120 valence electrons. The number of ether oxygens (including phenoxy) is 1. The van der Waals surface area contributed by atoms with Gasteiger partial charge >= 0.3 is 0 Å². The zero-order valence-electron chi connectivity index (χ0n) is 13.4. The van der Waals surface area contributed by atoms with Gasteiger partial charge in [0, 0.05) is 18.4 Å². The normalized spacial score (nSPS) is 11.2. The van der Waals surface area contributed by atoms with Gasteiger partial charge in [-0.3, -0.25) is 4.79 Å². The van der Waals surface area contributed by atoms with Crippen molar-refractivity contribution in [2.45, 2.75) is 13.3 Å². The van der Waals surface area contributed by atoms with Gasteiger partial charge in [-0.15, -0.1) is 0 Å². The number of hydrogen-bond donors (Lipinski definition) is 2. The second-order valence-electron chi connectivity index (χ2n) is 5.22. The Morgan fingerprint density at radius 2 is 1.96 bits per heavy atom. The molecule has 0 aliphatic carbocycles. The van der Waals surface area contributed by atoms with Gasteiger partial charge in [-0.25, -0.2) is 0 Å². The maximum atomic E-state index is 12.1. The molecule has 0 saturated carbocycles. The molecule has 4 nitrogen and oxygen atoms in total. The number of rotatable bonds is 6. The summed E-state index contributed by atoms with van der Waals surface area (Å²) in [7, 11) is 1.62. The van der Waals surface area contributed by atoms with Crippen LogP contribution in [0, 0.1) is 0 Å². The molecular formula is C19H21NO3. The van der Waals surface area contributed by atoms with E-state index < -0.39 is 0 Å². The summed E-state index contributed by atoms with van der Waals surface area (Å²) < 4.78 is 5.19. The number of anilines is 1. The summed E-state index contributed by atoms with van der Waals surface area (Å²) in [6.07, 6.45) is 2.18. The fourth-order valence-electron chi connectivity index (χ4n) is 2.21. The van der Waals surface area contributed by atoms with Gasteiger partial charge in [-0.2, -0.15) is 0 Å². The summed E-state index contributed by atoms with van der Waals surface area (Å²) in [5.41, 5.74) is 3.57. The van der Waals surface area contributed by atoms with Crippen molar-refractivity contribution in [2.75, 3.05) is 19.0 Å². The molecule has 1 amide bonds. The number of methoxy groups -OCH3 is 1. The van der Waals surface area contributed by atoms with Crippen LogP contribution < -0.4 is 10.1 Å². The molecule has 23 heavy (non-hydrogen) atoms. The first-order chi connectivity index (χ1) is 11.1. The first-order valence-corrected chi connectivity index (χ1v) is 7.46. The Kier molecular flexibility index (Phi) is 5.94. The molecule has 0 aromatic heterocycles. The Morgan fingerprint density at radius 1 is 1.22 bits per heavy atom. The molecule has 2 N–H and O–H groups in total. The molecule has 0 fully saturated rings. The van der Waals surface area contributed by atoms with Crippen LogP contribution in [-0.2, 0) is 11.2 Å². The molecule has 0 heterocycles. The molecule has 2 aromatic rings. The van der Waals surface area contributed by atoms with E-state index in [0.717, 1.165) is 28.1 Å². The van der Waals surface area contributed by atoms with Gasteiger partial charge in [0.15, 0.2) is 0 Å². The standard InChI is InChI=1S/C19H21NO3/c1-14(16-4-3-5-18(13-16)23-2)12-19(22)20-17-8-6-15(7-9-17)10-11-21/h3-9,12-13,21H,10-11H2,1-2H3,(H,20,22)/b14-12+. The summed E-state index contributed by atoms with van der Waals surface area (Å²) in [6.45, 7) is 2.01. The van der Waals surface area contributed by atoms with E-state index in [1.54, 1.807) is 13.2 Å². The molecule has 0 radical (unpaired) electrons. The summed E-state index contributed by atoms with van der Waals surface area (Å²) in [5, 5.41) is 11.7. The topological polar surface area (TPSA) is 58.6 Å². The van der Waals surface area contributed by atoms with Crippen LogP contribution >= 0.6 is 0 Å². The third-order valence-electron chi connectivity index (χ3n) is 3.49. The summed E-state index contributed by atoms with van der Waals surface area (Å²) in [6, 6.07) is 15.0. The summed E-state index contributed by atoms with van der Waals surface area (Å²) in [5.74, 6) is 0.579. The van der Waals surface area contributed by atoms with Crippen molar-refractivity contribution in [3.63, 3.8) is 0 Å². The summed E-state index contributed by atoms with van der Waals surface area (Å²) in [4.78, 5) is 12.1. The number of aliphatic hydroxyl groups is 1. The second kappa shape index (κ2) is 8.15. The molecule has 0 aliphatic rings. The number of allylic oxidation sites excluding steroid dienone is 1. The fraction of sp³-hybridized carbons (Fsp3) is 0.211. The molecule has 0 aliphatic heterocycles. The first kappa shape index (κ1) is 16.8. The number of hydrogen-bond acceptors (Lipinski definition) is 3. The average Bonchev–Trinajstić information content (AvgIpc) is 2.57. The van der Waals surface area contributed by atoms with Crippen molar-refractivity contribution in [1.29, 1.82) is 0 Å². The highest BCUT2D eigenvalue weighted by Crippen LogP contribution is 2.20. The van der Waals surface area contributed by atoms with Gasteiger partial charge in [-0.1, -0.05) is 24.3 Å². The molecule has 4 heteroatoms. The van der Waals surface area contributed by atoms with E-state index in [1.807, 2.05) is 55.5 Å². The Bertz CT molecular complexity index is 690. The maximum absolute atomic E-state index is 12.1. The Morgan fingerprint density at radius 3 is 2.61 bits per heavy atom. The number of benzene rings is 2. The molecule has 0 spiro atoms. The second-order valence-corrected chi connectivity index (χ2v) is 5.22. The number of aliphatic hydroxyl groups excluding tert-OH is 1. The van der Waals surface area contributed by atoms with E-state index >= 15 is 0 Å². The predicted molar refractivity (Wildman–Crippen MR) is 92.5 cm³/mol. The van der Waals surface area contributed by atoms with Gasteiger partial charge in [0.05, 0.1) is 7.11 Å². The van der Waals surface area contributed by atoms with Crippen LogP contribution in [0.5, 0.6) is 5.75 Å². The highest BCUT2D eigenvalue weighted by atomic mass is 16.5. The lowest BCUT2D eigenvalue weighted by Gasteiger charge is -2.06. The lowest BCUT2D eigenvalue weighted by molar-refractivity contribution is -0.111. The highest BCUT2D eigenvalue weighted by Gasteiger charge is 2.03. The molecule has 0 atom stereocenters. The van der Waals surface area contributed by atoms with Crippen molar-refractivity contribution >= 4 is 17.2 Å². The molecule has 2 aromatic carbocycles. The van der Waals surface area contributed by atoms with Crippen LogP contribution in [0.2, 0.25) is 0 Å². The average molecular weight is 311 g/mol. The van der Waals surface area contributed by atoms with Crippen molar-refractivity contribution in [3.8, 4) is 5.75 Å². The number of amides is 1. The van der Waals surface area contributed by atoms with Crippen LogP contribution in [0.15, 0.2) is 54.6 Å². The quantitative estimate of drug-likeness (QED) is 0.805. The van der Waals surface area contributed by atoms with E-state index in [9.17, 15) is 4.79 Å². The van der Waals surface area contributed by atoms with Gasteiger partial charge in [-0.05, 0) is 54.3 Å². The van der Waals surface area contributed by atoms with E-state index in [4.69, 9.17) is 9.84 Å². The molecule has 0 bridgehead atoms. The lowest BCUT2D eigenvalue weighted by Crippen LogP contribution is -2.08. The van der Waals surface area contributed by atoms with Crippen LogP contribution in [0.4, 0.5) is 5.69 Å². The Hall–Kier alpha value is -2.59.